The van der Waals surface area contributed by atoms with Crippen LogP contribution < -0.4 is 20.4 Å². The average Bonchev–Trinajstić information content (AvgIpc) is 3.44. The molecule has 1 aromatic heterocycles. The van der Waals surface area contributed by atoms with Crippen LogP contribution in [0, 0.1) is 0 Å². The Morgan fingerprint density at radius 2 is 1.00 bits per heavy atom. The van der Waals surface area contributed by atoms with E-state index in [0.29, 0.717) is 0 Å². The second-order valence-corrected chi connectivity index (χ2v) is 17.6. The smallest absolute Gasteiger partial charge is 0.390 e. The first-order chi connectivity index (χ1) is 28.3. The Balaban J connectivity index is 1.21. The molecule has 272 valence electrons. The summed E-state index contributed by atoms with van der Waals surface area (Å²) in [5.41, 5.74) is 6.32. The Morgan fingerprint density at radius 3 is 1.61 bits per heavy atom. The largest absolute Gasteiger partial charge is 0.453 e. The van der Waals surface area contributed by atoms with E-state index < -0.39 is 16.2 Å². The summed E-state index contributed by atoms with van der Waals surface area (Å²) in [7, 11) is -2.89. The quantitative estimate of drug-likeness (QED) is 0.158. The van der Waals surface area contributed by atoms with Crippen molar-refractivity contribution in [1.82, 2.24) is 0 Å². The van der Waals surface area contributed by atoms with E-state index in [1.54, 1.807) is 0 Å². The van der Waals surface area contributed by atoms with Crippen molar-refractivity contribution < 1.29 is 12.9 Å². The topological polar surface area (TPSA) is 35.5 Å². The number of hydrogen-bond acceptors (Lipinski definition) is 3. The van der Waals surface area contributed by atoms with Gasteiger partial charge < -0.3 is 12.9 Å². The van der Waals surface area contributed by atoms with E-state index in [9.17, 15) is 0 Å². The SMILES string of the molecule is C1=Cc2ccc(Op3oc4ccc5ccccc5c4c4c(ccc5ccccc54)o3)c(-c3c(P(c4ccccc4)c4ccccc4)ccc4ccccc34)c2CC1. The number of allylic oxidation sites excluding steroid dienone is 1. The van der Waals surface area contributed by atoms with Crippen LogP contribution in [0.5, 0.6) is 5.75 Å². The minimum atomic E-state index is -1.95. The molecule has 0 radical (unpaired) electrons. The molecule has 11 rings (SSSR count). The highest BCUT2D eigenvalue weighted by Gasteiger charge is 2.28. The molecule has 0 aliphatic heterocycles. The van der Waals surface area contributed by atoms with Gasteiger partial charge in [0.1, 0.15) is 16.9 Å². The highest BCUT2D eigenvalue weighted by molar-refractivity contribution is 7.80. The van der Waals surface area contributed by atoms with Crippen LogP contribution in [0.2, 0.25) is 0 Å². The molecule has 10 aromatic rings. The van der Waals surface area contributed by atoms with Gasteiger partial charge in [0, 0.05) is 21.9 Å². The second kappa shape index (κ2) is 14.3. The zero-order chi connectivity index (χ0) is 37.7. The lowest BCUT2D eigenvalue weighted by Gasteiger charge is -2.27. The third-order valence-corrected chi connectivity index (χ3v) is 14.7. The summed E-state index contributed by atoms with van der Waals surface area (Å²) in [6.45, 7) is 0. The third-order valence-electron chi connectivity index (χ3n) is 11.1. The summed E-state index contributed by atoms with van der Waals surface area (Å²) in [5, 5.41) is 12.9. The van der Waals surface area contributed by atoms with E-state index in [1.165, 1.54) is 43.4 Å². The van der Waals surface area contributed by atoms with E-state index in [1.807, 2.05) is 0 Å². The number of benzene rings is 9. The van der Waals surface area contributed by atoms with Crippen molar-refractivity contribution in [2.24, 2.45) is 0 Å². The van der Waals surface area contributed by atoms with Crippen LogP contribution >= 0.6 is 16.2 Å². The maximum absolute atomic E-state index is 7.22. The molecule has 0 unspecified atom stereocenters. The molecule has 0 spiro atoms. The van der Waals surface area contributed by atoms with Crippen molar-refractivity contribution in [3.05, 3.63) is 199 Å². The fourth-order valence-electron chi connectivity index (χ4n) is 8.61. The van der Waals surface area contributed by atoms with Crippen molar-refractivity contribution in [2.45, 2.75) is 12.8 Å². The standard InChI is InChI=1S/C52H36O3P2/c1-3-19-39(20-4-1)56(40-21-5-2-6-22-40)48-34-30-38-18-10-14-26-44(38)52(48)51-43-25-13-9-17-37(43)29-33-47(51)55-57-53-45-31-27-35-15-7-11-23-41(35)49(45)50-42-24-12-8-16-36(42)28-32-46(50)54-57/h1-12,14-24,26-34H,13,25H2. The van der Waals surface area contributed by atoms with Crippen LogP contribution in [0.25, 0.3) is 71.5 Å². The van der Waals surface area contributed by atoms with Gasteiger partial charge in [0.15, 0.2) is 0 Å². The molecule has 0 fully saturated rings. The van der Waals surface area contributed by atoms with Gasteiger partial charge in [0.05, 0.1) is 0 Å². The molecule has 0 saturated heterocycles. The molecular formula is C52H36O3P2. The minimum Gasteiger partial charge on any atom is -0.390 e. The normalized spacial score (nSPS) is 12.5. The first-order valence-corrected chi connectivity index (χ1v) is 21.8. The molecule has 0 N–H and O–H groups in total. The maximum atomic E-state index is 7.22. The van der Waals surface area contributed by atoms with Gasteiger partial charge in [-0.25, -0.2) is 0 Å². The highest BCUT2D eigenvalue weighted by Crippen LogP contribution is 2.49. The fraction of sp³-hybridized carbons (Fsp3) is 0.0385. The summed E-state index contributed by atoms with van der Waals surface area (Å²) in [6, 6.07) is 65.1. The molecule has 1 heterocycles. The molecule has 1 aliphatic carbocycles. The van der Waals surface area contributed by atoms with Gasteiger partial charge in [0.25, 0.3) is 0 Å². The summed E-state index contributed by atoms with van der Waals surface area (Å²) in [6.07, 6.45) is 6.40. The minimum absolute atomic E-state index is 0.750. The molecular weight excluding hydrogens is 735 g/mol. The Labute approximate surface area is 332 Å². The third kappa shape index (κ3) is 5.94. The number of rotatable bonds is 6. The van der Waals surface area contributed by atoms with E-state index in [2.05, 4.69) is 194 Å². The molecule has 9 aromatic carbocycles. The summed E-state index contributed by atoms with van der Waals surface area (Å²) >= 11 is 0. The van der Waals surface area contributed by atoms with E-state index in [4.69, 9.17) is 12.9 Å². The fourth-order valence-corrected chi connectivity index (χ4v) is 12.1. The lowest BCUT2D eigenvalue weighted by atomic mass is 9.87. The van der Waals surface area contributed by atoms with Gasteiger partial charge in [-0.15, -0.1) is 0 Å². The first kappa shape index (κ1) is 33.9. The van der Waals surface area contributed by atoms with Crippen molar-refractivity contribution in [2.75, 3.05) is 0 Å². The summed E-state index contributed by atoms with van der Waals surface area (Å²) in [4.78, 5) is 0. The lowest BCUT2D eigenvalue weighted by molar-refractivity contribution is 0.499. The molecule has 1 aliphatic rings. The van der Waals surface area contributed by atoms with Crippen LogP contribution in [-0.4, -0.2) is 0 Å². The zero-order valence-electron chi connectivity index (χ0n) is 31.0. The molecule has 0 saturated carbocycles. The molecule has 57 heavy (non-hydrogen) atoms. The van der Waals surface area contributed by atoms with Crippen molar-refractivity contribution >= 4 is 92.4 Å². The lowest BCUT2D eigenvalue weighted by Crippen LogP contribution is -2.22. The van der Waals surface area contributed by atoms with Crippen LogP contribution in [0.4, 0.5) is 0 Å². The molecule has 3 nitrogen and oxygen atoms in total. The summed E-state index contributed by atoms with van der Waals surface area (Å²) in [5.74, 6) is 0.760. The van der Waals surface area contributed by atoms with Gasteiger partial charge in [-0.05, 0) is 98.3 Å². The second-order valence-electron chi connectivity index (χ2n) is 14.5. The molecule has 0 amide bonds. The first-order valence-electron chi connectivity index (χ1n) is 19.4. The Bertz CT molecular complexity index is 3090. The monoisotopic (exact) mass is 770 g/mol. The molecule has 0 atom stereocenters. The maximum Gasteiger partial charge on any atom is 0.453 e. The molecule has 0 bridgehead atoms. The Hall–Kier alpha value is -6.37. The van der Waals surface area contributed by atoms with E-state index in [-0.39, 0.29) is 0 Å². The van der Waals surface area contributed by atoms with Gasteiger partial charge in [0.2, 0.25) is 0 Å². The van der Waals surface area contributed by atoms with Gasteiger partial charge >= 0.3 is 8.24 Å². The Kier molecular flexibility index (Phi) is 8.50. The van der Waals surface area contributed by atoms with E-state index >= 15 is 0 Å². The highest BCUT2D eigenvalue weighted by atomic mass is 31.1. The number of fused-ring (bicyclic) bond motifs is 9. The van der Waals surface area contributed by atoms with Crippen LogP contribution in [0.3, 0.4) is 0 Å². The summed E-state index contributed by atoms with van der Waals surface area (Å²) < 4.78 is 21.1. The van der Waals surface area contributed by atoms with Crippen LogP contribution in [-0.2, 0) is 6.42 Å². The van der Waals surface area contributed by atoms with Crippen LogP contribution in [0.1, 0.15) is 17.5 Å². The number of hydrogen-bond donors (Lipinski definition) is 0. The average molecular weight is 771 g/mol. The van der Waals surface area contributed by atoms with Gasteiger partial charge in [-0.2, -0.15) is 0 Å². The van der Waals surface area contributed by atoms with Crippen LogP contribution in [0.15, 0.2) is 196 Å². The Morgan fingerprint density at radius 1 is 0.474 bits per heavy atom. The van der Waals surface area contributed by atoms with Gasteiger partial charge in [-0.3, -0.25) is 0 Å². The molecule has 5 heteroatoms. The zero-order valence-corrected chi connectivity index (χ0v) is 32.8. The predicted octanol–water partition coefficient (Wildman–Crippen LogP) is 14.0. The predicted molar refractivity (Wildman–Crippen MR) is 243 cm³/mol. The van der Waals surface area contributed by atoms with Gasteiger partial charge in [-0.1, -0.05) is 176 Å². The van der Waals surface area contributed by atoms with Crippen molar-refractivity contribution in [1.29, 1.82) is 0 Å². The van der Waals surface area contributed by atoms with Crippen molar-refractivity contribution in [3.8, 4) is 16.9 Å². The van der Waals surface area contributed by atoms with Crippen molar-refractivity contribution in [3.63, 3.8) is 0 Å². The van der Waals surface area contributed by atoms with E-state index in [0.717, 1.165) is 67.6 Å².